The van der Waals surface area contributed by atoms with Crippen LogP contribution in [-0.2, 0) is 4.79 Å². The Balaban J connectivity index is 1.74. The summed E-state index contributed by atoms with van der Waals surface area (Å²) in [4.78, 5) is 29.7. The van der Waals surface area contributed by atoms with Crippen LogP contribution in [0.2, 0.25) is 0 Å². The maximum Gasteiger partial charge on any atom is 0.262 e. The highest BCUT2D eigenvalue weighted by atomic mass is 32.1. The number of thiophene rings is 1. The van der Waals surface area contributed by atoms with E-state index in [1.54, 1.807) is 37.3 Å². The fraction of sp³-hybridized carbons (Fsp3) is 0.278. The van der Waals surface area contributed by atoms with Gasteiger partial charge in [0.25, 0.3) is 5.91 Å². The fourth-order valence-corrected chi connectivity index (χ4v) is 3.12. The number of amides is 2. The molecule has 0 saturated carbocycles. The van der Waals surface area contributed by atoms with E-state index in [4.69, 9.17) is 4.42 Å². The third kappa shape index (κ3) is 3.88. The van der Waals surface area contributed by atoms with Gasteiger partial charge in [0.1, 0.15) is 11.6 Å². The van der Waals surface area contributed by atoms with Crippen LogP contribution in [0.4, 0.5) is 5.69 Å². The molecule has 0 radical (unpaired) electrons. The van der Waals surface area contributed by atoms with Crippen molar-refractivity contribution in [3.63, 3.8) is 0 Å². The molecule has 0 aliphatic rings. The molecule has 2 N–H and O–H groups in total. The van der Waals surface area contributed by atoms with Crippen LogP contribution in [0.25, 0.3) is 11.1 Å². The van der Waals surface area contributed by atoms with Crippen molar-refractivity contribution in [2.24, 2.45) is 5.92 Å². The van der Waals surface area contributed by atoms with Gasteiger partial charge in [-0.1, -0.05) is 19.9 Å². The molecule has 1 atom stereocenters. The maximum atomic E-state index is 12.6. The van der Waals surface area contributed by atoms with Gasteiger partial charge in [-0.05, 0) is 35.6 Å². The number of hydrogen-bond donors (Lipinski definition) is 2. The molecular formula is C18H19N3O3S. The number of nitrogens with one attached hydrogen (secondary N) is 2. The van der Waals surface area contributed by atoms with Gasteiger partial charge in [-0.2, -0.15) is 0 Å². The van der Waals surface area contributed by atoms with E-state index in [9.17, 15) is 9.59 Å². The van der Waals surface area contributed by atoms with Gasteiger partial charge in [-0.15, -0.1) is 11.3 Å². The van der Waals surface area contributed by atoms with Gasteiger partial charge in [0, 0.05) is 12.6 Å². The largest absolute Gasteiger partial charge is 0.441 e. The first kappa shape index (κ1) is 17.2. The number of benzene rings is 1. The topological polar surface area (TPSA) is 84.2 Å². The van der Waals surface area contributed by atoms with Crippen molar-refractivity contribution in [3.8, 4) is 0 Å². The van der Waals surface area contributed by atoms with Crippen LogP contribution >= 0.6 is 11.3 Å². The third-order valence-electron chi connectivity index (χ3n) is 3.74. The SMILES string of the molecule is Cc1nc2cc(NC(=O)[C@H](NC(=O)c3cccs3)C(C)C)ccc2o1. The Hall–Kier alpha value is -2.67. The second-order valence-electron chi connectivity index (χ2n) is 6.08. The van der Waals surface area contributed by atoms with Gasteiger partial charge in [-0.3, -0.25) is 9.59 Å². The van der Waals surface area contributed by atoms with Crippen molar-refractivity contribution in [3.05, 3.63) is 46.5 Å². The predicted molar refractivity (Wildman–Crippen MR) is 97.8 cm³/mol. The molecule has 25 heavy (non-hydrogen) atoms. The Morgan fingerprint density at radius 2 is 2.04 bits per heavy atom. The Labute approximate surface area is 149 Å². The molecule has 2 aromatic heterocycles. The quantitative estimate of drug-likeness (QED) is 0.731. The smallest absolute Gasteiger partial charge is 0.262 e. The number of rotatable bonds is 5. The zero-order chi connectivity index (χ0) is 18.0. The molecule has 0 fully saturated rings. The number of aryl methyl sites for hydroxylation is 1. The summed E-state index contributed by atoms with van der Waals surface area (Å²) in [6, 6.07) is 8.17. The summed E-state index contributed by atoms with van der Waals surface area (Å²) in [6.07, 6.45) is 0. The molecular weight excluding hydrogens is 338 g/mol. The molecule has 0 aliphatic carbocycles. The molecule has 1 aromatic carbocycles. The van der Waals surface area contributed by atoms with Gasteiger partial charge < -0.3 is 15.1 Å². The lowest BCUT2D eigenvalue weighted by Gasteiger charge is -2.21. The molecule has 2 heterocycles. The second-order valence-corrected chi connectivity index (χ2v) is 7.02. The van der Waals surface area contributed by atoms with Crippen LogP contribution in [0.1, 0.15) is 29.4 Å². The minimum atomic E-state index is -0.635. The standard InChI is InChI=1S/C18H19N3O3S/c1-10(2)16(21-17(22)15-5-4-8-25-15)18(23)20-12-6-7-14-13(9-12)19-11(3)24-14/h4-10,16H,1-3H3,(H,20,23)(H,21,22)/t16-/m1/s1. The first-order chi connectivity index (χ1) is 11.9. The summed E-state index contributed by atoms with van der Waals surface area (Å²) in [6.45, 7) is 5.55. The molecule has 3 rings (SSSR count). The van der Waals surface area contributed by atoms with E-state index < -0.39 is 6.04 Å². The average Bonchev–Trinajstić information content (AvgIpc) is 3.20. The van der Waals surface area contributed by atoms with Gasteiger partial charge in [-0.25, -0.2) is 4.98 Å². The zero-order valence-corrected chi connectivity index (χ0v) is 15.0. The van der Waals surface area contributed by atoms with E-state index in [1.165, 1.54) is 11.3 Å². The summed E-state index contributed by atoms with van der Waals surface area (Å²) in [5.74, 6) is 0.00887. The number of nitrogens with zero attached hydrogens (tertiary/aromatic N) is 1. The molecule has 0 aliphatic heterocycles. The minimum absolute atomic E-state index is 0.0538. The van der Waals surface area contributed by atoms with E-state index in [2.05, 4.69) is 15.6 Å². The molecule has 3 aromatic rings. The molecule has 0 unspecified atom stereocenters. The van der Waals surface area contributed by atoms with Crippen LogP contribution in [0.5, 0.6) is 0 Å². The van der Waals surface area contributed by atoms with E-state index >= 15 is 0 Å². The van der Waals surface area contributed by atoms with Gasteiger partial charge in [0.15, 0.2) is 11.5 Å². The lowest BCUT2D eigenvalue weighted by molar-refractivity contribution is -0.118. The Morgan fingerprint density at radius 1 is 1.24 bits per heavy atom. The van der Waals surface area contributed by atoms with Crippen LogP contribution < -0.4 is 10.6 Å². The number of carbonyl (C=O) groups excluding carboxylic acids is 2. The van der Waals surface area contributed by atoms with Crippen molar-refractivity contribution >= 4 is 39.9 Å². The summed E-state index contributed by atoms with van der Waals surface area (Å²) in [5, 5.41) is 7.48. The minimum Gasteiger partial charge on any atom is -0.441 e. The van der Waals surface area contributed by atoms with Crippen LogP contribution in [0.3, 0.4) is 0 Å². The zero-order valence-electron chi connectivity index (χ0n) is 14.2. The Morgan fingerprint density at radius 3 is 2.72 bits per heavy atom. The van der Waals surface area contributed by atoms with Crippen molar-refractivity contribution in [2.75, 3.05) is 5.32 Å². The lowest BCUT2D eigenvalue weighted by atomic mass is 10.0. The van der Waals surface area contributed by atoms with Crippen molar-refractivity contribution in [1.29, 1.82) is 0 Å². The molecule has 7 heteroatoms. The third-order valence-corrected chi connectivity index (χ3v) is 4.61. The normalized spacial score (nSPS) is 12.3. The average molecular weight is 357 g/mol. The van der Waals surface area contributed by atoms with Crippen molar-refractivity contribution < 1.29 is 14.0 Å². The molecule has 0 saturated heterocycles. The molecule has 6 nitrogen and oxygen atoms in total. The number of hydrogen-bond acceptors (Lipinski definition) is 5. The molecule has 0 spiro atoms. The molecule has 2 amide bonds. The Kier molecular flexibility index (Phi) is 4.85. The summed E-state index contributed by atoms with van der Waals surface area (Å²) >= 11 is 1.34. The van der Waals surface area contributed by atoms with E-state index in [1.807, 2.05) is 19.2 Å². The van der Waals surface area contributed by atoms with Gasteiger partial charge >= 0.3 is 0 Å². The van der Waals surface area contributed by atoms with Crippen LogP contribution in [0, 0.1) is 12.8 Å². The van der Waals surface area contributed by atoms with Crippen molar-refractivity contribution in [2.45, 2.75) is 26.8 Å². The van der Waals surface area contributed by atoms with Crippen molar-refractivity contribution in [1.82, 2.24) is 10.3 Å². The number of carbonyl (C=O) groups is 2. The molecule has 130 valence electrons. The van der Waals surface area contributed by atoms with Crippen LogP contribution in [-0.4, -0.2) is 22.8 Å². The highest BCUT2D eigenvalue weighted by Crippen LogP contribution is 2.20. The summed E-state index contributed by atoms with van der Waals surface area (Å²) < 4.78 is 5.43. The summed E-state index contributed by atoms with van der Waals surface area (Å²) in [5.41, 5.74) is 1.96. The van der Waals surface area contributed by atoms with E-state index in [0.29, 0.717) is 27.6 Å². The highest BCUT2D eigenvalue weighted by Gasteiger charge is 2.25. The summed E-state index contributed by atoms with van der Waals surface area (Å²) in [7, 11) is 0. The number of oxazole rings is 1. The van der Waals surface area contributed by atoms with Gasteiger partial charge in [0.05, 0.1) is 4.88 Å². The first-order valence-corrected chi connectivity index (χ1v) is 8.84. The van der Waals surface area contributed by atoms with E-state index in [-0.39, 0.29) is 17.7 Å². The highest BCUT2D eigenvalue weighted by molar-refractivity contribution is 7.12. The second kappa shape index (κ2) is 7.06. The number of aromatic nitrogens is 1. The van der Waals surface area contributed by atoms with Crippen LogP contribution in [0.15, 0.2) is 40.1 Å². The first-order valence-electron chi connectivity index (χ1n) is 7.96. The van der Waals surface area contributed by atoms with Gasteiger partial charge in [0.2, 0.25) is 5.91 Å². The molecule has 0 bridgehead atoms. The number of anilines is 1. The maximum absolute atomic E-state index is 12.6. The lowest BCUT2D eigenvalue weighted by Crippen LogP contribution is -2.46. The number of fused-ring (bicyclic) bond motifs is 1. The fourth-order valence-electron chi connectivity index (χ4n) is 2.50. The predicted octanol–water partition coefficient (Wildman–Crippen LogP) is 3.59. The monoisotopic (exact) mass is 357 g/mol. The van der Waals surface area contributed by atoms with E-state index in [0.717, 1.165) is 0 Å². The Bertz CT molecular complexity index is 900.